The quantitative estimate of drug-likeness (QED) is 0.297. The van der Waals surface area contributed by atoms with Gasteiger partial charge in [0.1, 0.15) is 11.4 Å². The Labute approximate surface area is 165 Å². The lowest BCUT2D eigenvalue weighted by molar-refractivity contribution is -0.384. The number of carbonyl (C=O) groups is 1. The van der Waals surface area contributed by atoms with Gasteiger partial charge >= 0.3 is 0 Å². The van der Waals surface area contributed by atoms with Crippen LogP contribution in [-0.4, -0.2) is 26.0 Å². The topological polar surface area (TPSA) is 109 Å². The Morgan fingerprint density at radius 2 is 1.69 bits per heavy atom. The molecule has 7 nitrogen and oxygen atoms in total. The summed E-state index contributed by atoms with van der Waals surface area (Å²) in [4.78, 5) is 24.0. The molecule has 0 amide bonds. The first-order valence-corrected chi connectivity index (χ1v) is 8.77. The van der Waals surface area contributed by atoms with Crippen LogP contribution < -0.4 is 0 Å². The number of hydrogen-bond acceptors (Lipinski definition) is 5. The number of phenols is 1. The van der Waals surface area contributed by atoms with Gasteiger partial charge in [-0.15, -0.1) is 0 Å². The maximum absolute atomic E-state index is 13.4. The maximum Gasteiger partial charge on any atom is 0.270 e. The SMILES string of the molecule is O=C(c1ccccc1)c1c(-c2cccc([N+](=O)[O-])c2)n[nH]c1-c1ccccc1O. The Bertz CT molecular complexity index is 1220. The lowest BCUT2D eigenvalue weighted by Gasteiger charge is -2.07. The molecule has 0 aliphatic rings. The van der Waals surface area contributed by atoms with E-state index in [0.29, 0.717) is 22.4 Å². The molecule has 0 radical (unpaired) electrons. The number of aromatic hydroxyl groups is 1. The number of non-ortho nitro benzene ring substituents is 1. The fraction of sp³-hybridized carbons (Fsp3) is 0. The Hall–Kier alpha value is -4.26. The minimum atomic E-state index is -0.501. The number of benzene rings is 3. The van der Waals surface area contributed by atoms with E-state index in [1.54, 1.807) is 60.7 Å². The van der Waals surface area contributed by atoms with E-state index < -0.39 is 4.92 Å². The number of aromatic nitrogens is 2. The smallest absolute Gasteiger partial charge is 0.270 e. The summed E-state index contributed by atoms with van der Waals surface area (Å²) >= 11 is 0. The van der Waals surface area contributed by atoms with Crippen molar-refractivity contribution in [2.45, 2.75) is 0 Å². The number of rotatable bonds is 5. The number of nitro benzene ring substituents is 1. The molecule has 3 aromatic carbocycles. The third-order valence-electron chi connectivity index (χ3n) is 4.53. The predicted octanol–water partition coefficient (Wildman–Crippen LogP) is 4.59. The third-order valence-corrected chi connectivity index (χ3v) is 4.53. The van der Waals surface area contributed by atoms with Crippen molar-refractivity contribution >= 4 is 11.5 Å². The molecule has 4 rings (SSSR count). The maximum atomic E-state index is 13.4. The zero-order valence-corrected chi connectivity index (χ0v) is 15.1. The van der Waals surface area contributed by atoms with Gasteiger partial charge in [0.15, 0.2) is 5.78 Å². The Morgan fingerprint density at radius 1 is 0.966 bits per heavy atom. The number of nitrogens with zero attached hydrogens (tertiary/aromatic N) is 2. The van der Waals surface area contributed by atoms with Gasteiger partial charge in [-0.25, -0.2) is 0 Å². The molecule has 2 N–H and O–H groups in total. The largest absolute Gasteiger partial charge is 0.507 e. The first-order chi connectivity index (χ1) is 14.1. The van der Waals surface area contributed by atoms with E-state index in [-0.39, 0.29) is 28.5 Å². The second kappa shape index (κ2) is 7.40. The zero-order chi connectivity index (χ0) is 20.4. The Balaban J connectivity index is 1.96. The second-order valence-corrected chi connectivity index (χ2v) is 6.34. The summed E-state index contributed by atoms with van der Waals surface area (Å²) in [6.45, 7) is 0. The third kappa shape index (κ3) is 3.37. The van der Waals surface area contributed by atoms with Crippen LogP contribution in [0.1, 0.15) is 15.9 Å². The van der Waals surface area contributed by atoms with Crippen molar-refractivity contribution in [3.63, 3.8) is 0 Å². The normalized spacial score (nSPS) is 10.6. The van der Waals surface area contributed by atoms with Gasteiger partial charge in [-0.2, -0.15) is 5.10 Å². The molecule has 29 heavy (non-hydrogen) atoms. The van der Waals surface area contributed by atoms with Crippen molar-refractivity contribution in [1.82, 2.24) is 10.2 Å². The predicted molar refractivity (Wildman–Crippen MR) is 108 cm³/mol. The highest BCUT2D eigenvalue weighted by Crippen LogP contribution is 2.36. The molecule has 0 aliphatic heterocycles. The minimum Gasteiger partial charge on any atom is -0.507 e. The number of nitro groups is 1. The lowest BCUT2D eigenvalue weighted by Crippen LogP contribution is -2.04. The van der Waals surface area contributed by atoms with E-state index >= 15 is 0 Å². The standard InChI is InChI=1S/C22H15N3O4/c26-18-12-5-4-11-17(18)21-19(22(27)14-7-2-1-3-8-14)20(23-24-21)15-9-6-10-16(13-15)25(28)29/h1-13,26H,(H,23,24). The molecule has 1 heterocycles. The summed E-state index contributed by atoms with van der Waals surface area (Å²) in [5.74, 6) is -0.317. The van der Waals surface area contributed by atoms with Crippen LogP contribution in [0.3, 0.4) is 0 Å². The van der Waals surface area contributed by atoms with Gasteiger partial charge in [0.05, 0.1) is 16.2 Å². The molecule has 0 spiro atoms. The molecule has 1 aromatic heterocycles. The van der Waals surface area contributed by atoms with E-state index in [9.17, 15) is 20.0 Å². The van der Waals surface area contributed by atoms with E-state index in [2.05, 4.69) is 10.2 Å². The number of carbonyl (C=O) groups excluding carboxylic acids is 1. The molecule has 0 atom stereocenters. The molecular formula is C22H15N3O4. The molecule has 0 saturated heterocycles. The highest BCUT2D eigenvalue weighted by Gasteiger charge is 2.25. The summed E-state index contributed by atoms with van der Waals surface area (Å²) in [5.41, 5.74) is 2.04. The Kier molecular flexibility index (Phi) is 4.62. The van der Waals surface area contributed by atoms with Gasteiger partial charge in [0.25, 0.3) is 5.69 Å². The van der Waals surface area contributed by atoms with Crippen molar-refractivity contribution in [3.05, 3.63) is 100 Å². The van der Waals surface area contributed by atoms with Crippen molar-refractivity contribution in [2.75, 3.05) is 0 Å². The van der Waals surface area contributed by atoms with Crippen LogP contribution in [0.4, 0.5) is 5.69 Å². The monoisotopic (exact) mass is 385 g/mol. The first-order valence-electron chi connectivity index (χ1n) is 8.77. The van der Waals surface area contributed by atoms with Crippen molar-refractivity contribution in [2.24, 2.45) is 0 Å². The molecule has 0 bridgehead atoms. The molecule has 4 aromatic rings. The van der Waals surface area contributed by atoms with E-state index in [4.69, 9.17) is 0 Å². The number of para-hydroxylation sites is 1. The number of aromatic amines is 1. The fourth-order valence-corrected chi connectivity index (χ4v) is 3.15. The highest BCUT2D eigenvalue weighted by molar-refractivity contribution is 6.16. The van der Waals surface area contributed by atoms with Gasteiger partial charge in [-0.05, 0) is 12.1 Å². The van der Waals surface area contributed by atoms with Crippen molar-refractivity contribution in [3.8, 4) is 28.3 Å². The van der Waals surface area contributed by atoms with Crippen LogP contribution in [0.25, 0.3) is 22.5 Å². The number of nitrogens with one attached hydrogen (secondary N) is 1. The average molecular weight is 385 g/mol. The van der Waals surface area contributed by atoms with Crippen LogP contribution in [0.15, 0.2) is 78.9 Å². The second-order valence-electron chi connectivity index (χ2n) is 6.34. The van der Waals surface area contributed by atoms with Gasteiger partial charge < -0.3 is 5.11 Å². The average Bonchev–Trinajstić information content (AvgIpc) is 3.19. The molecule has 142 valence electrons. The summed E-state index contributed by atoms with van der Waals surface area (Å²) in [7, 11) is 0. The van der Waals surface area contributed by atoms with Crippen LogP contribution in [0.5, 0.6) is 5.75 Å². The fourth-order valence-electron chi connectivity index (χ4n) is 3.15. The van der Waals surface area contributed by atoms with Gasteiger partial charge in [0, 0.05) is 28.8 Å². The minimum absolute atomic E-state index is 0.0103. The van der Waals surface area contributed by atoms with E-state index in [1.807, 2.05) is 0 Å². The van der Waals surface area contributed by atoms with Crippen LogP contribution >= 0.6 is 0 Å². The van der Waals surface area contributed by atoms with Crippen LogP contribution in [0.2, 0.25) is 0 Å². The zero-order valence-electron chi connectivity index (χ0n) is 15.1. The lowest BCUT2D eigenvalue weighted by atomic mass is 9.94. The van der Waals surface area contributed by atoms with Crippen LogP contribution in [0, 0.1) is 10.1 Å². The molecule has 0 fully saturated rings. The number of H-pyrrole nitrogens is 1. The van der Waals surface area contributed by atoms with Gasteiger partial charge in [0.2, 0.25) is 0 Å². The molecule has 0 unspecified atom stereocenters. The molecule has 7 heteroatoms. The highest BCUT2D eigenvalue weighted by atomic mass is 16.6. The summed E-state index contributed by atoms with van der Waals surface area (Å²) in [5, 5.41) is 28.6. The number of hydrogen-bond donors (Lipinski definition) is 2. The Morgan fingerprint density at radius 3 is 2.41 bits per heavy atom. The van der Waals surface area contributed by atoms with Crippen LogP contribution in [-0.2, 0) is 0 Å². The molecule has 0 aliphatic carbocycles. The van der Waals surface area contributed by atoms with Gasteiger partial charge in [-0.3, -0.25) is 20.0 Å². The van der Waals surface area contributed by atoms with Crippen molar-refractivity contribution in [1.29, 1.82) is 0 Å². The van der Waals surface area contributed by atoms with Gasteiger partial charge in [-0.1, -0.05) is 54.6 Å². The summed E-state index contributed by atoms with van der Waals surface area (Å²) in [6.07, 6.45) is 0. The van der Waals surface area contributed by atoms with Crippen molar-refractivity contribution < 1.29 is 14.8 Å². The summed E-state index contributed by atoms with van der Waals surface area (Å²) in [6, 6.07) is 21.2. The number of phenolic OH excluding ortho intramolecular Hbond substituents is 1. The summed E-state index contributed by atoms with van der Waals surface area (Å²) < 4.78 is 0. The van der Waals surface area contributed by atoms with E-state index in [1.165, 1.54) is 18.2 Å². The first kappa shape index (κ1) is 18.1. The molecule has 0 saturated carbocycles. The van der Waals surface area contributed by atoms with E-state index in [0.717, 1.165) is 0 Å². The molecular weight excluding hydrogens is 370 g/mol. The number of ketones is 1.